The fourth-order valence-corrected chi connectivity index (χ4v) is 1.45. The van der Waals surface area contributed by atoms with Crippen molar-refractivity contribution in [2.45, 2.75) is 25.6 Å². The van der Waals surface area contributed by atoms with Gasteiger partial charge in [0.1, 0.15) is 5.69 Å². The molecule has 0 amide bonds. The van der Waals surface area contributed by atoms with Gasteiger partial charge in [0, 0.05) is 6.04 Å². The Hall–Kier alpha value is -1.93. The molecule has 0 radical (unpaired) electrons. The van der Waals surface area contributed by atoms with E-state index in [0.29, 0.717) is 12.1 Å². The SMILES string of the molecule is CC(CC(F)(F)F)Nc1c(F)cc([N+](=O)[O-])cc1F. The van der Waals surface area contributed by atoms with Gasteiger partial charge < -0.3 is 5.32 Å². The van der Waals surface area contributed by atoms with Crippen molar-refractivity contribution in [3.63, 3.8) is 0 Å². The molecule has 0 spiro atoms. The van der Waals surface area contributed by atoms with Crippen molar-refractivity contribution in [1.29, 1.82) is 0 Å². The first-order valence-electron chi connectivity index (χ1n) is 5.07. The second-order valence-electron chi connectivity index (χ2n) is 3.91. The number of nitrogens with zero attached hydrogens (tertiary/aromatic N) is 1. The highest BCUT2D eigenvalue weighted by Gasteiger charge is 2.30. The topological polar surface area (TPSA) is 55.2 Å². The Morgan fingerprint density at radius 3 is 2.16 bits per heavy atom. The van der Waals surface area contributed by atoms with Crippen LogP contribution in [-0.2, 0) is 0 Å². The fourth-order valence-electron chi connectivity index (χ4n) is 1.45. The van der Waals surface area contributed by atoms with Gasteiger partial charge in [-0.05, 0) is 6.92 Å². The summed E-state index contributed by atoms with van der Waals surface area (Å²) in [6.07, 6.45) is -5.77. The summed E-state index contributed by atoms with van der Waals surface area (Å²) in [6, 6.07) is -0.400. The third kappa shape index (κ3) is 4.34. The maximum atomic E-state index is 13.4. The molecule has 106 valence electrons. The van der Waals surface area contributed by atoms with Crippen molar-refractivity contribution in [2.75, 3.05) is 5.32 Å². The van der Waals surface area contributed by atoms with E-state index in [-0.39, 0.29) is 0 Å². The fraction of sp³-hybridized carbons (Fsp3) is 0.400. The maximum absolute atomic E-state index is 13.4. The predicted octanol–water partition coefficient (Wildman–Crippen LogP) is 3.63. The molecule has 0 fully saturated rings. The molecule has 0 aliphatic rings. The molecule has 0 saturated heterocycles. The van der Waals surface area contributed by atoms with Gasteiger partial charge in [-0.15, -0.1) is 0 Å². The molecule has 1 rings (SSSR count). The lowest BCUT2D eigenvalue weighted by Crippen LogP contribution is -2.24. The molecule has 1 unspecified atom stereocenters. The largest absolute Gasteiger partial charge is 0.391 e. The van der Waals surface area contributed by atoms with E-state index < -0.39 is 46.6 Å². The van der Waals surface area contributed by atoms with Crippen molar-refractivity contribution in [2.24, 2.45) is 0 Å². The molecule has 9 heteroatoms. The van der Waals surface area contributed by atoms with Crippen molar-refractivity contribution in [3.8, 4) is 0 Å². The molecule has 0 saturated carbocycles. The number of non-ortho nitro benzene ring substituents is 1. The smallest absolute Gasteiger partial charge is 0.377 e. The Balaban J connectivity index is 2.93. The minimum absolute atomic E-state index is 0.436. The molecule has 0 aliphatic heterocycles. The Labute approximate surface area is 104 Å². The van der Waals surface area contributed by atoms with Gasteiger partial charge in [0.15, 0.2) is 11.6 Å². The highest BCUT2D eigenvalue weighted by atomic mass is 19.4. The van der Waals surface area contributed by atoms with Gasteiger partial charge in [0.2, 0.25) is 0 Å². The van der Waals surface area contributed by atoms with E-state index in [1.54, 1.807) is 0 Å². The van der Waals surface area contributed by atoms with Gasteiger partial charge in [-0.3, -0.25) is 10.1 Å². The Bertz CT molecular complexity index is 466. The zero-order valence-electron chi connectivity index (χ0n) is 9.59. The van der Waals surface area contributed by atoms with Crippen LogP contribution in [0, 0.1) is 21.7 Å². The number of hydrogen-bond donors (Lipinski definition) is 1. The summed E-state index contributed by atoms with van der Waals surface area (Å²) in [5.41, 5.74) is -1.63. The molecule has 4 nitrogen and oxygen atoms in total. The Morgan fingerprint density at radius 1 is 1.32 bits per heavy atom. The third-order valence-corrected chi connectivity index (χ3v) is 2.17. The normalized spacial score (nSPS) is 13.2. The first kappa shape index (κ1) is 15.1. The lowest BCUT2D eigenvalue weighted by atomic mass is 10.2. The van der Waals surface area contributed by atoms with Gasteiger partial charge in [0.25, 0.3) is 5.69 Å². The van der Waals surface area contributed by atoms with Crippen molar-refractivity contribution in [1.82, 2.24) is 0 Å². The minimum Gasteiger partial charge on any atom is -0.377 e. The summed E-state index contributed by atoms with van der Waals surface area (Å²) in [5.74, 6) is -2.64. The number of nitrogens with one attached hydrogen (secondary N) is 1. The van der Waals surface area contributed by atoms with E-state index in [2.05, 4.69) is 0 Å². The first-order chi connectivity index (χ1) is 8.60. The van der Waals surface area contributed by atoms with Crippen LogP contribution in [0.25, 0.3) is 0 Å². The highest BCUT2D eigenvalue weighted by molar-refractivity contribution is 5.52. The van der Waals surface area contributed by atoms with Crippen molar-refractivity contribution >= 4 is 11.4 Å². The van der Waals surface area contributed by atoms with Crippen molar-refractivity contribution in [3.05, 3.63) is 33.9 Å². The molecule has 1 N–H and O–H groups in total. The number of benzene rings is 1. The lowest BCUT2D eigenvalue weighted by molar-refractivity contribution is -0.385. The number of rotatable bonds is 4. The Morgan fingerprint density at radius 2 is 1.79 bits per heavy atom. The van der Waals surface area contributed by atoms with Crippen LogP contribution in [0.1, 0.15) is 13.3 Å². The molecular weight excluding hydrogens is 275 g/mol. The van der Waals surface area contributed by atoms with Gasteiger partial charge in [-0.2, -0.15) is 13.2 Å². The summed E-state index contributed by atoms with van der Waals surface area (Å²) in [5, 5.41) is 12.3. The average molecular weight is 284 g/mol. The molecule has 1 aromatic carbocycles. The zero-order chi connectivity index (χ0) is 14.8. The number of anilines is 1. The minimum atomic E-state index is -4.49. The Kier molecular flexibility index (Phi) is 4.28. The van der Waals surface area contributed by atoms with Crippen LogP contribution in [0.2, 0.25) is 0 Å². The van der Waals surface area contributed by atoms with E-state index in [0.717, 1.165) is 6.92 Å². The number of halogens is 5. The second-order valence-corrected chi connectivity index (χ2v) is 3.91. The molecule has 1 aromatic rings. The molecule has 19 heavy (non-hydrogen) atoms. The maximum Gasteiger partial charge on any atom is 0.391 e. The number of nitro groups is 1. The summed E-state index contributed by atoms with van der Waals surface area (Å²) in [4.78, 5) is 9.32. The van der Waals surface area contributed by atoms with Gasteiger partial charge in [-0.25, -0.2) is 8.78 Å². The molecule has 0 bridgehead atoms. The summed E-state index contributed by atoms with van der Waals surface area (Å²) >= 11 is 0. The zero-order valence-corrected chi connectivity index (χ0v) is 9.59. The van der Waals surface area contributed by atoms with Crippen LogP contribution >= 0.6 is 0 Å². The number of hydrogen-bond acceptors (Lipinski definition) is 3. The van der Waals surface area contributed by atoms with Gasteiger partial charge in [-0.1, -0.05) is 0 Å². The molecule has 0 aliphatic carbocycles. The van der Waals surface area contributed by atoms with Crippen LogP contribution < -0.4 is 5.32 Å². The van der Waals surface area contributed by atoms with Crippen LogP contribution in [0.5, 0.6) is 0 Å². The number of alkyl halides is 3. The van der Waals surface area contributed by atoms with E-state index in [4.69, 9.17) is 0 Å². The van der Waals surface area contributed by atoms with Crippen LogP contribution in [-0.4, -0.2) is 17.1 Å². The third-order valence-electron chi connectivity index (χ3n) is 2.17. The highest BCUT2D eigenvalue weighted by Crippen LogP contribution is 2.28. The van der Waals surface area contributed by atoms with Gasteiger partial charge >= 0.3 is 6.18 Å². The van der Waals surface area contributed by atoms with E-state index in [1.807, 2.05) is 5.32 Å². The lowest BCUT2D eigenvalue weighted by Gasteiger charge is -2.17. The van der Waals surface area contributed by atoms with Gasteiger partial charge in [0.05, 0.1) is 23.5 Å². The van der Waals surface area contributed by atoms with Crippen molar-refractivity contribution < 1.29 is 26.9 Å². The van der Waals surface area contributed by atoms with Crippen LogP contribution in [0.15, 0.2) is 12.1 Å². The predicted molar refractivity (Wildman–Crippen MR) is 56.8 cm³/mol. The monoisotopic (exact) mass is 284 g/mol. The quantitative estimate of drug-likeness (QED) is 0.522. The number of nitro benzene ring substituents is 1. The van der Waals surface area contributed by atoms with Crippen LogP contribution in [0.4, 0.5) is 33.3 Å². The second kappa shape index (κ2) is 5.37. The van der Waals surface area contributed by atoms with E-state index in [1.165, 1.54) is 0 Å². The van der Waals surface area contributed by atoms with E-state index in [9.17, 15) is 32.1 Å². The molecule has 0 aromatic heterocycles. The average Bonchev–Trinajstić information content (AvgIpc) is 2.20. The molecule has 1 atom stereocenters. The van der Waals surface area contributed by atoms with Crippen LogP contribution in [0.3, 0.4) is 0 Å². The van der Waals surface area contributed by atoms with E-state index >= 15 is 0 Å². The first-order valence-corrected chi connectivity index (χ1v) is 5.07. The summed E-state index contributed by atoms with van der Waals surface area (Å²) in [7, 11) is 0. The summed E-state index contributed by atoms with van der Waals surface area (Å²) < 4.78 is 62.9. The molecular formula is C10H9F5N2O2. The molecule has 0 heterocycles. The standard InChI is InChI=1S/C10H9F5N2O2/c1-5(4-10(13,14)15)16-9-7(11)2-6(17(18)19)3-8(9)12/h2-3,5,16H,4H2,1H3. The summed E-state index contributed by atoms with van der Waals surface area (Å²) in [6.45, 7) is 1.09.